The molecule has 0 atom stereocenters. The summed E-state index contributed by atoms with van der Waals surface area (Å²) in [4.78, 5) is 11.0. The van der Waals surface area contributed by atoms with Gasteiger partial charge in [-0.15, -0.1) is 0 Å². The maximum Gasteiger partial charge on any atom is 0.339 e. The fourth-order valence-electron chi connectivity index (χ4n) is 1.72. The molecule has 0 unspecified atom stereocenters. The molecular formula is C12H12N2O3. The van der Waals surface area contributed by atoms with Crippen molar-refractivity contribution in [2.45, 2.75) is 6.92 Å². The molecule has 0 aromatic carbocycles. The van der Waals surface area contributed by atoms with E-state index in [0.717, 1.165) is 5.57 Å². The van der Waals surface area contributed by atoms with Crippen LogP contribution in [-0.2, 0) is 7.05 Å². The molecule has 0 aliphatic heterocycles. The van der Waals surface area contributed by atoms with E-state index in [1.165, 1.54) is 10.9 Å². The number of allylic oxidation sites excluding steroid dienone is 1. The van der Waals surface area contributed by atoms with Gasteiger partial charge in [0.25, 0.3) is 0 Å². The maximum atomic E-state index is 11.0. The molecule has 2 heterocycles. The fraction of sp³-hybridized carbons (Fsp3) is 0.167. The highest BCUT2D eigenvalue weighted by molar-refractivity contribution is 5.95. The number of aromatic nitrogens is 2. The van der Waals surface area contributed by atoms with Gasteiger partial charge in [0.05, 0.1) is 18.2 Å². The third-order valence-electron chi connectivity index (χ3n) is 2.44. The van der Waals surface area contributed by atoms with E-state index in [1.54, 1.807) is 31.5 Å². The summed E-state index contributed by atoms with van der Waals surface area (Å²) in [5.41, 5.74) is 1.55. The Balaban J connectivity index is 2.47. The Labute approximate surface area is 98.0 Å². The first-order valence-electron chi connectivity index (χ1n) is 5.07. The van der Waals surface area contributed by atoms with E-state index in [0.29, 0.717) is 11.5 Å². The molecular weight excluding hydrogens is 220 g/mol. The van der Waals surface area contributed by atoms with Gasteiger partial charge < -0.3 is 9.52 Å². The van der Waals surface area contributed by atoms with Crippen LogP contribution in [0.1, 0.15) is 28.7 Å². The number of rotatable bonds is 3. The molecule has 0 spiro atoms. The van der Waals surface area contributed by atoms with E-state index in [1.807, 2.05) is 6.92 Å². The van der Waals surface area contributed by atoms with E-state index in [-0.39, 0.29) is 5.56 Å². The first-order valence-corrected chi connectivity index (χ1v) is 5.07. The lowest BCUT2D eigenvalue weighted by Crippen LogP contribution is -2.02. The minimum absolute atomic E-state index is 0.188. The fourth-order valence-corrected chi connectivity index (χ4v) is 1.72. The van der Waals surface area contributed by atoms with Gasteiger partial charge in [0, 0.05) is 7.05 Å². The highest BCUT2D eigenvalue weighted by atomic mass is 16.4. The molecule has 5 heteroatoms. The normalized spacial score (nSPS) is 11.8. The van der Waals surface area contributed by atoms with Crippen LogP contribution < -0.4 is 0 Å². The van der Waals surface area contributed by atoms with Crippen molar-refractivity contribution in [1.82, 2.24) is 9.78 Å². The van der Waals surface area contributed by atoms with Gasteiger partial charge in [-0.3, -0.25) is 4.68 Å². The molecule has 88 valence electrons. The number of aryl methyl sites for hydroxylation is 1. The maximum absolute atomic E-state index is 11.0. The van der Waals surface area contributed by atoms with Crippen LogP contribution in [0.25, 0.3) is 11.6 Å². The van der Waals surface area contributed by atoms with Crippen LogP contribution in [0.15, 0.2) is 29.0 Å². The lowest BCUT2D eigenvalue weighted by Gasteiger charge is -2.03. The number of nitrogens with zero attached hydrogens (tertiary/aromatic N) is 2. The van der Waals surface area contributed by atoms with Gasteiger partial charge in [0.2, 0.25) is 0 Å². The summed E-state index contributed by atoms with van der Waals surface area (Å²) in [6.45, 7) is 1.83. The van der Waals surface area contributed by atoms with E-state index < -0.39 is 5.97 Å². The first kappa shape index (κ1) is 11.2. The van der Waals surface area contributed by atoms with Gasteiger partial charge >= 0.3 is 5.97 Å². The zero-order valence-corrected chi connectivity index (χ0v) is 9.54. The quantitative estimate of drug-likeness (QED) is 0.881. The molecule has 0 fully saturated rings. The Kier molecular flexibility index (Phi) is 2.82. The molecule has 0 aliphatic rings. The van der Waals surface area contributed by atoms with Gasteiger partial charge in [-0.25, -0.2) is 4.79 Å². The van der Waals surface area contributed by atoms with E-state index >= 15 is 0 Å². The number of furan rings is 1. The molecule has 2 rings (SSSR count). The minimum atomic E-state index is -0.986. The minimum Gasteiger partial charge on any atom is -0.478 e. The Hall–Kier alpha value is -2.30. The zero-order valence-electron chi connectivity index (χ0n) is 9.54. The smallest absolute Gasteiger partial charge is 0.339 e. The molecule has 1 N–H and O–H groups in total. The third-order valence-corrected chi connectivity index (χ3v) is 2.44. The van der Waals surface area contributed by atoms with E-state index in [9.17, 15) is 4.79 Å². The molecule has 17 heavy (non-hydrogen) atoms. The summed E-state index contributed by atoms with van der Waals surface area (Å²) in [5, 5.41) is 13.0. The molecule has 0 saturated heterocycles. The molecule has 0 aliphatic carbocycles. The molecule has 5 nitrogen and oxygen atoms in total. The number of carbonyl (C=O) groups is 1. The summed E-state index contributed by atoms with van der Waals surface area (Å²) in [6.07, 6.45) is 4.70. The molecule has 2 aromatic heterocycles. The highest BCUT2D eigenvalue weighted by Gasteiger charge is 2.16. The van der Waals surface area contributed by atoms with Gasteiger partial charge in [-0.1, -0.05) is 0 Å². The van der Waals surface area contributed by atoms with Gasteiger partial charge in [-0.2, -0.15) is 5.10 Å². The second kappa shape index (κ2) is 4.29. The van der Waals surface area contributed by atoms with Crippen molar-refractivity contribution in [3.63, 3.8) is 0 Å². The topological polar surface area (TPSA) is 68.3 Å². The Morgan fingerprint density at radius 2 is 2.35 bits per heavy atom. The number of carboxylic acids is 1. The SMILES string of the molecule is C/C(=C\c1ccco1)c1c(C(=O)O)cnn1C. The van der Waals surface area contributed by atoms with Crippen LogP contribution in [0.5, 0.6) is 0 Å². The lowest BCUT2D eigenvalue weighted by atomic mass is 10.1. The van der Waals surface area contributed by atoms with Crippen molar-refractivity contribution in [2.75, 3.05) is 0 Å². The number of aromatic carboxylic acids is 1. The number of hydrogen-bond acceptors (Lipinski definition) is 3. The Bertz CT molecular complexity index is 565. The summed E-state index contributed by atoms with van der Waals surface area (Å²) in [5.74, 6) is -0.305. The number of carboxylic acid groups (broad SMARTS) is 1. The Morgan fingerprint density at radius 1 is 1.59 bits per heavy atom. The second-order valence-electron chi connectivity index (χ2n) is 3.68. The summed E-state index contributed by atoms with van der Waals surface area (Å²) >= 11 is 0. The Morgan fingerprint density at radius 3 is 2.94 bits per heavy atom. The molecule has 0 saturated carbocycles. The molecule has 2 aromatic rings. The summed E-state index contributed by atoms with van der Waals surface area (Å²) in [7, 11) is 1.71. The summed E-state index contributed by atoms with van der Waals surface area (Å²) < 4.78 is 6.73. The van der Waals surface area contributed by atoms with Crippen LogP contribution in [0, 0.1) is 0 Å². The third kappa shape index (κ3) is 2.13. The first-order chi connectivity index (χ1) is 8.09. The molecule has 0 radical (unpaired) electrons. The van der Waals surface area contributed by atoms with Crippen LogP contribution in [-0.4, -0.2) is 20.9 Å². The van der Waals surface area contributed by atoms with Crippen LogP contribution in [0.4, 0.5) is 0 Å². The van der Waals surface area contributed by atoms with E-state index in [4.69, 9.17) is 9.52 Å². The van der Waals surface area contributed by atoms with Crippen molar-refractivity contribution < 1.29 is 14.3 Å². The van der Waals surface area contributed by atoms with Crippen LogP contribution in [0.2, 0.25) is 0 Å². The van der Waals surface area contributed by atoms with Crippen molar-refractivity contribution in [3.8, 4) is 0 Å². The van der Waals surface area contributed by atoms with Gasteiger partial charge in [0.15, 0.2) is 0 Å². The highest BCUT2D eigenvalue weighted by Crippen LogP contribution is 2.21. The van der Waals surface area contributed by atoms with E-state index in [2.05, 4.69) is 5.10 Å². The molecule has 0 bridgehead atoms. The summed E-state index contributed by atoms with van der Waals surface area (Å²) in [6, 6.07) is 3.58. The average molecular weight is 232 g/mol. The number of hydrogen-bond donors (Lipinski definition) is 1. The van der Waals surface area contributed by atoms with Gasteiger partial charge in [-0.05, 0) is 30.7 Å². The van der Waals surface area contributed by atoms with Crippen molar-refractivity contribution in [1.29, 1.82) is 0 Å². The average Bonchev–Trinajstić information content (AvgIpc) is 2.86. The standard InChI is InChI=1S/C12H12N2O3/c1-8(6-9-4-3-5-17-9)11-10(12(15)16)7-13-14(11)2/h3-7H,1-2H3,(H,15,16)/b8-6+. The van der Waals surface area contributed by atoms with Crippen molar-refractivity contribution >= 4 is 17.6 Å². The second-order valence-corrected chi connectivity index (χ2v) is 3.68. The van der Waals surface area contributed by atoms with Crippen LogP contribution >= 0.6 is 0 Å². The predicted octanol–water partition coefficient (Wildman–Crippen LogP) is 2.27. The van der Waals surface area contributed by atoms with Crippen molar-refractivity contribution in [2.24, 2.45) is 7.05 Å². The van der Waals surface area contributed by atoms with Crippen LogP contribution in [0.3, 0.4) is 0 Å². The largest absolute Gasteiger partial charge is 0.478 e. The lowest BCUT2D eigenvalue weighted by molar-refractivity contribution is 0.0696. The molecule has 0 amide bonds. The van der Waals surface area contributed by atoms with Gasteiger partial charge in [0.1, 0.15) is 11.3 Å². The van der Waals surface area contributed by atoms with Crippen molar-refractivity contribution in [3.05, 3.63) is 41.6 Å². The predicted molar refractivity (Wildman–Crippen MR) is 62.4 cm³/mol. The monoisotopic (exact) mass is 232 g/mol. The zero-order chi connectivity index (χ0) is 12.4.